The van der Waals surface area contributed by atoms with Crippen LogP contribution in [0.15, 0.2) is 10.8 Å². The first-order valence-corrected chi connectivity index (χ1v) is 11.5. The van der Waals surface area contributed by atoms with Gasteiger partial charge in [0, 0.05) is 31.8 Å². The number of halogens is 1. The highest BCUT2D eigenvalue weighted by molar-refractivity contribution is 9.10. The van der Waals surface area contributed by atoms with E-state index in [0.717, 1.165) is 62.1 Å². The van der Waals surface area contributed by atoms with Gasteiger partial charge in [0.05, 0.1) is 6.61 Å². The van der Waals surface area contributed by atoms with Crippen LogP contribution in [0.3, 0.4) is 0 Å². The molecule has 8 heteroatoms. The molecule has 2 atom stereocenters. The van der Waals surface area contributed by atoms with Crippen LogP contribution in [0, 0.1) is 0 Å². The SMILES string of the molecule is CCCC(CCNC(=O)OC(C)(C)C)c1nc(Br)cn1CCOC1CCCCO1. The molecule has 1 amide bonds. The van der Waals surface area contributed by atoms with E-state index >= 15 is 0 Å². The van der Waals surface area contributed by atoms with E-state index in [1.807, 2.05) is 27.0 Å². The van der Waals surface area contributed by atoms with Crippen molar-refractivity contribution >= 4 is 22.0 Å². The molecule has 2 heterocycles. The highest BCUT2D eigenvalue weighted by Gasteiger charge is 2.21. The Morgan fingerprint density at radius 1 is 1.41 bits per heavy atom. The molecule has 0 bridgehead atoms. The molecule has 1 aliphatic rings. The summed E-state index contributed by atoms with van der Waals surface area (Å²) in [4.78, 5) is 16.6. The zero-order chi connectivity index (χ0) is 21.3. The van der Waals surface area contributed by atoms with Crippen molar-refractivity contribution < 1.29 is 19.0 Å². The van der Waals surface area contributed by atoms with Gasteiger partial charge in [-0.1, -0.05) is 13.3 Å². The molecule has 29 heavy (non-hydrogen) atoms. The van der Waals surface area contributed by atoms with E-state index in [0.29, 0.717) is 13.2 Å². The van der Waals surface area contributed by atoms with Crippen molar-refractivity contribution in [3.05, 3.63) is 16.6 Å². The monoisotopic (exact) mass is 473 g/mol. The Balaban J connectivity index is 1.89. The minimum absolute atomic E-state index is 0.0800. The lowest BCUT2D eigenvalue weighted by Crippen LogP contribution is -2.33. The number of carbonyl (C=O) groups excluding carboxylic acids is 1. The standard InChI is InChI=1S/C21H36BrN3O4/c1-5-8-16(10-11-23-20(26)29-21(2,3)4)19-24-17(22)15-25(19)12-14-28-18-9-6-7-13-27-18/h15-16,18H,5-14H2,1-4H3,(H,23,26). The lowest BCUT2D eigenvalue weighted by atomic mass is 9.98. The van der Waals surface area contributed by atoms with Crippen molar-refractivity contribution in [1.82, 2.24) is 14.9 Å². The number of hydrogen-bond donors (Lipinski definition) is 1. The minimum Gasteiger partial charge on any atom is -0.444 e. The van der Waals surface area contributed by atoms with E-state index < -0.39 is 5.60 Å². The van der Waals surface area contributed by atoms with Gasteiger partial charge in [-0.15, -0.1) is 0 Å². The average molecular weight is 474 g/mol. The van der Waals surface area contributed by atoms with Gasteiger partial charge in [0.15, 0.2) is 6.29 Å². The average Bonchev–Trinajstić information content (AvgIpc) is 3.01. The maximum absolute atomic E-state index is 11.9. The molecule has 0 aliphatic carbocycles. The maximum atomic E-state index is 11.9. The van der Waals surface area contributed by atoms with Gasteiger partial charge in [0.1, 0.15) is 16.0 Å². The smallest absolute Gasteiger partial charge is 0.407 e. The number of rotatable bonds is 10. The van der Waals surface area contributed by atoms with Crippen molar-refractivity contribution in [3.63, 3.8) is 0 Å². The second-order valence-corrected chi connectivity index (χ2v) is 9.30. The zero-order valence-electron chi connectivity index (χ0n) is 18.2. The Morgan fingerprint density at radius 2 is 2.21 bits per heavy atom. The number of ether oxygens (including phenoxy) is 3. The van der Waals surface area contributed by atoms with Crippen LogP contribution in [0.2, 0.25) is 0 Å². The summed E-state index contributed by atoms with van der Waals surface area (Å²) < 4.78 is 19.8. The van der Waals surface area contributed by atoms with Crippen LogP contribution in [-0.2, 0) is 20.8 Å². The third-order valence-corrected chi connectivity index (χ3v) is 5.10. The first-order chi connectivity index (χ1) is 13.8. The summed E-state index contributed by atoms with van der Waals surface area (Å²) in [5.74, 6) is 1.28. The number of aromatic nitrogens is 2. The third-order valence-electron chi connectivity index (χ3n) is 4.72. The molecule has 1 aliphatic heterocycles. The van der Waals surface area contributed by atoms with Gasteiger partial charge in [-0.25, -0.2) is 9.78 Å². The minimum atomic E-state index is -0.490. The summed E-state index contributed by atoms with van der Waals surface area (Å²) in [6.45, 7) is 10.4. The number of carbonyl (C=O) groups is 1. The first-order valence-electron chi connectivity index (χ1n) is 10.7. The number of hydrogen-bond acceptors (Lipinski definition) is 5. The molecular weight excluding hydrogens is 438 g/mol. The fourth-order valence-electron chi connectivity index (χ4n) is 3.44. The summed E-state index contributed by atoms with van der Waals surface area (Å²) in [6.07, 6.45) is 7.66. The highest BCUT2D eigenvalue weighted by atomic mass is 79.9. The van der Waals surface area contributed by atoms with Crippen molar-refractivity contribution in [2.24, 2.45) is 0 Å². The molecule has 166 valence electrons. The van der Waals surface area contributed by atoms with E-state index in [4.69, 9.17) is 19.2 Å². The molecule has 1 fully saturated rings. The van der Waals surface area contributed by atoms with Gasteiger partial charge in [0.25, 0.3) is 0 Å². The van der Waals surface area contributed by atoms with Crippen molar-refractivity contribution in [1.29, 1.82) is 0 Å². The maximum Gasteiger partial charge on any atom is 0.407 e. The molecule has 1 N–H and O–H groups in total. The van der Waals surface area contributed by atoms with Gasteiger partial charge in [-0.2, -0.15) is 0 Å². The van der Waals surface area contributed by atoms with Crippen LogP contribution in [-0.4, -0.2) is 47.3 Å². The molecule has 0 spiro atoms. The Labute approximate surface area is 183 Å². The Morgan fingerprint density at radius 3 is 2.86 bits per heavy atom. The van der Waals surface area contributed by atoms with Gasteiger partial charge >= 0.3 is 6.09 Å². The summed E-state index contributed by atoms with van der Waals surface area (Å²) >= 11 is 3.51. The largest absolute Gasteiger partial charge is 0.444 e. The second-order valence-electron chi connectivity index (χ2n) is 8.49. The van der Waals surface area contributed by atoms with Crippen LogP contribution >= 0.6 is 15.9 Å². The van der Waals surface area contributed by atoms with Gasteiger partial charge in [0.2, 0.25) is 0 Å². The zero-order valence-corrected chi connectivity index (χ0v) is 19.8. The van der Waals surface area contributed by atoms with Crippen molar-refractivity contribution in [2.75, 3.05) is 19.8 Å². The van der Waals surface area contributed by atoms with Crippen LogP contribution in [0.1, 0.15) is 78.0 Å². The number of nitrogens with zero attached hydrogens (tertiary/aromatic N) is 2. The Hall–Kier alpha value is -1.12. The molecule has 2 rings (SSSR count). The Bertz CT molecular complexity index is 624. The molecule has 7 nitrogen and oxygen atoms in total. The third kappa shape index (κ3) is 9.05. The van der Waals surface area contributed by atoms with Crippen LogP contribution in [0.4, 0.5) is 4.79 Å². The van der Waals surface area contributed by atoms with Crippen LogP contribution in [0.5, 0.6) is 0 Å². The van der Waals surface area contributed by atoms with Crippen molar-refractivity contribution in [2.45, 2.75) is 90.6 Å². The molecular formula is C21H36BrN3O4. The van der Waals surface area contributed by atoms with E-state index in [-0.39, 0.29) is 18.3 Å². The molecule has 0 saturated carbocycles. The fraction of sp³-hybridized carbons (Fsp3) is 0.810. The fourth-order valence-corrected chi connectivity index (χ4v) is 3.87. The number of amides is 1. The van der Waals surface area contributed by atoms with E-state index in [1.54, 1.807) is 0 Å². The second kappa shape index (κ2) is 11.9. The molecule has 0 aromatic carbocycles. The topological polar surface area (TPSA) is 74.6 Å². The van der Waals surface area contributed by atoms with Crippen molar-refractivity contribution in [3.8, 4) is 0 Å². The van der Waals surface area contributed by atoms with E-state index in [9.17, 15) is 4.79 Å². The summed E-state index contributed by atoms with van der Waals surface area (Å²) in [7, 11) is 0. The number of imidazole rings is 1. The van der Waals surface area contributed by atoms with Gasteiger partial charge < -0.3 is 24.1 Å². The molecule has 1 saturated heterocycles. The summed E-state index contributed by atoms with van der Waals surface area (Å²) in [5, 5.41) is 2.86. The lowest BCUT2D eigenvalue weighted by molar-refractivity contribution is -0.163. The van der Waals surface area contributed by atoms with E-state index in [1.165, 1.54) is 0 Å². The summed E-state index contributed by atoms with van der Waals surface area (Å²) in [5.41, 5.74) is -0.490. The molecule has 1 aromatic rings. The van der Waals surface area contributed by atoms with Gasteiger partial charge in [-0.05, 0) is 68.8 Å². The molecule has 0 radical (unpaired) electrons. The number of alkyl carbamates (subject to hydrolysis) is 1. The van der Waals surface area contributed by atoms with E-state index in [2.05, 4.69) is 32.7 Å². The molecule has 2 unspecified atom stereocenters. The predicted molar refractivity (Wildman–Crippen MR) is 116 cm³/mol. The highest BCUT2D eigenvalue weighted by Crippen LogP contribution is 2.26. The van der Waals surface area contributed by atoms with Gasteiger partial charge in [-0.3, -0.25) is 0 Å². The first kappa shape index (κ1) is 24.2. The van der Waals surface area contributed by atoms with Crippen LogP contribution in [0.25, 0.3) is 0 Å². The summed E-state index contributed by atoms with van der Waals surface area (Å²) in [6, 6.07) is 0. The normalized spacial score (nSPS) is 18.4. The molecule has 1 aromatic heterocycles. The lowest BCUT2D eigenvalue weighted by Gasteiger charge is -2.23. The predicted octanol–water partition coefficient (Wildman–Crippen LogP) is 4.99. The Kier molecular flexibility index (Phi) is 9.92. The van der Waals surface area contributed by atoms with Crippen LogP contribution < -0.4 is 5.32 Å². The number of nitrogens with one attached hydrogen (secondary N) is 1. The quantitative estimate of drug-likeness (QED) is 0.517.